The van der Waals surface area contributed by atoms with Crippen LogP contribution in [0.3, 0.4) is 0 Å². The summed E-state index contributed by atoms with van der Waals surface area (Å²) < 4.78 is 17.9. The van der Waals surface area contributed by atoms with Crippen molar-refractivity contribution in [2.45, 2.75) is 6.92 Å². The molecule has 0 spiro atoms. The fourth-order valence-corrected chi connectivity index (χ4v) is 1.40. The standard InChI is InChI=1S/C10H8ClFN2O/c1-5-9(13)10(15-14-5)6-2-3-8(12)7(11)4-6/h2-4H,13H2,1H3. The van der Waals surface area contributed by atoms with Gasteiger partial charge >= 0.3 is 0 Å². The normalized spacial score (nSPS) is 10.6. The van der Waals surface area contributed by atoms with Crippen molar-refractivity contribution >= 4 is 17.3 Å². The zero-order valence-electron chi connectivity index (χ0n) is 7.92. The molecule has 78 valence electrons. The summed E-state index contributed by atoms with van der Waals surface area (Å²) in [6.45, 7) is 1.73. The van der Waals surface area contributed by atoms with Crippen LogP contribution in [0.4, 0.5) is 10.1 Å². The van der Waals surface area contributed by atoms with Crippen molar-refractivity contribution in [1.82, 2.24) is 5.16 Å². The minimum absolute atomic E-state index is 0.0287. The lowest BCUT2D eigenvalue weighted by Gasteiger charge is -1.99. The zero-order valence-corrected chi connectivity index (χ0v) is 8.68. The number of rotatable bonds is 1. The summed E-state index contributed by atoms with van der Waals surface area (Å²) in [6.07, 6.45) is 0. The summed E-state index contributed by atoms with van der Waals surface area (Å²) in [4.78, 5) is 0. The van der Waals surface area contributed by atoms with Crippen LogP contribution >= 0.6 is 11.6 Å². The first-order valence-electron chi connectivity index (χ1n) is 4.26. The molecule has 2 N–H and O–H groups in total. The Labute approximate surface area is 90.6 Å². The Morgan fingerprint density at radius 2 is 2.20 bits per heavy atom. The van der Waals surface area contributed by atoms with E-state index >= 15 is 0 Å². The van der Waals surface area contributed by atoms with Gasteiger partial charge in [-0.1, -0.05) is 16.8 Å². The van der Waals surface area contributed by atoms with E-state index in [4.69, 9.17) is 21.9 Å². The molecule has 3 nitrogen and oxygen atoms in total. The molecule has 0 saturated carbocycles. The second-order valence-electron chi connectivity index (χ2n) is 3.14. The van der Waals surface area contributed by atoms with E-state index in [1.807, 2.05) is 0 Å². The minimum Gasteiger partial charge on any atom is -0.394 e. The molecule has 2 aromatic rings. The van der Waals surface area contributed by atoms with Gasteiger partial charge in [0.25, 0.3) is 0 Å². The molecular weight excluding hydrogens is 219 g/mol. The highest BCUT2D eigenvalue weighted by Gasteiger charge is 2.13. The van der Waals surface area contributed by atoms with Crippen molar-refractivity contribution in [2.75, 3.05) is 5.73 Å². The Balaban J connectivity index is 2.55. The molecule has 0 fully saturated rings. The lowest BCUT2D eigenvalue weighted by molar-refractivity contribution is 0.427. The van der Waals surface area contributed by atoms with Crippen LogP contribution in [0.25, 0.3) is 11.3 Å². The second-order valence-corrected chi connectivity index (χ2v) is 3.55. The molecule has 1 aromatic heterocycles. The summed E-state index contributed by atoms with van der Waals surface area (Å²) in [6, 6.07) is 4.25. The first-order chi connectivity index (χ1) is 7.09. The van der Waals surface area contributed by atoms with E-state index in [9.17, 15) is 4.39 Å². The lowest BCUT2D eigenvalue weighted by atomic mass is 10.1. The zero-order chi connectivity index (χ0) is 11.0. The molecule has 0 aliphatic carbocycles. The van der Waals surface area contributed by atoms with E-state index < -0.39 is 5.82 Å². The molecule has 1 aromatic carbocycles. The van der Waals surface area contributed by atoms with Crippen LogP contribution in [0.2, 0.25) is 5.02 Å². The van der Waals surface area contributed by atoms with Gasteiger partial charge in [-0.25, -0.2) is 4.39 Å². The SMILES string of the molecule is Cc1noc(-c2ccc(F)c(Cl)c2)c1N. The van der Waals surface area contributed by atoms with Gasteiger partial charge in [0.2, 0.25) is 0 Å². The summed E-state index contributed by atoms with van der Waals surface area (Å²) in [5.74, 6) is -0.0652. The first-order valence-corrected chi connectivity index (χ1v) is 4.64. The fourth-order valence-electron chi connectivity index (χ4n) is 1.22. The van der Waals surface area contributed by atoms with E-state index in [1.54, 1.807) is 6.92 Å². The van der Waals surface area contributed by atoms with Crippen LogP contribution < -0.4 is 5.73 Å². The van der Waals surface area contributed by atoms with E-state index in [0.717, 1.165) is 0 Å². The lowest BCUT2D eigenvalue weighted by Crippen LogP contribution is -1.88. The molecule has 0 aliphatic rings. The molecule has 1 heterocycles. The predicted molar refractivity (Wildman–Crippen MR) is 56.1 cm³/mol. The van der Waals surface area contributed by atoms with Crippen molar-refractivity contribution in [3.05, 3.63) is 34.7 Å². The van der Waals surface area contributed by atoms with E-state index in [2.05, 4.69) is 5.16 Å². The van der Waals surface area contributed by atoms with Crippen molar-refractivity contribution in [3.63, 3.8) is 0 Å². The van der Waals surface area contributed by atoms with E-state index in [1.165, 1.54) is 18.2 Å². The number of hydrogen-bond donors (Lipinski definition) is 1. The van der Waals surface area contributed by atoms with Crippen molar-refractivity contribution in [1.29, 1.82) is 0 Å². The van der Waals surface area contributed by atoms with Gasteiger partial charge in [-0.15, -0.1) is 0 Å². The monoisotopic (exact) mass is 226 g/mol. The van der Waals surface area contributed by atoms with Gasteiger partial charge in [0.1, 0.15) is 17.2 Å². The number of hydrogen-bond acceptors (Lipinski definition) is 3. The maximum Gasteiger partial charge on any atom is 0.190 e. The van der Waals surface area contributed by atoms with Crippen molar-refractivity contribution in [2.24, 2.45) is 0 Å². The Morgan fingerprint density at radius 3 is 2.73 bits per heavy atom. The number of nitrogen functional groups attached to an aromatic ring is 1. The van der Waals surface area contributed by atoms with Gasteiger partial charge in [0.15, 0.2) is 5.76 Å². The van der Waals surface area contributed by atoms with E-state index in [-0.39, 0.29) is 5.02 Å². The highest BCUT2D eigenvalue weighted by atomic mass is 35.5. The van der Waals surface area contributed by atoms with Crippen LogP contribution in [0, 0.1) is 12.7 Å². The van der Waals surface area contributed by atoms with Gasteiger partial charge in [-0.3, -0.25) is 0 Å². The third-order valence-corrected chi connectivity index (χ3v) is 2.38. The van der Waals surface area contributed by atoms with Crippen LogP contribution in [-0.2, 0) is 0 Å². The summed E-state index contributed by atoms with van der Waals surface area (Å²) >= 11 is 5.64. The predicted octanol–water partition coefficient (Wildman–Crippen LogP) is 3.02. The maximum atomic E-state index is 12.9. The summed E-state index contributed by atoms with van der Waals surface area (Å²) in [5, 5.41) is 3.74. The number of nitrogens with zero attached hydrogens (tertiary/aromatic N) is 1. The van der Waals surface area contributed by atoms with Crippen LogP contribution in [-0.4, -0.2) is 5.16 Å². The largest absolute Gasteiger partial charge is 0.394 e. The first kappa shape index (κ1) is 9.98. The number of nitrogens with two attached hydrogens (primary N) is 1. The smallest absolute Gasteiger partial charge is 0.190 e. The Kier molecular flexibility index (Phi) is 2.36. The van der Waals surface area contributed by atoms with Gasteiger partial charge < -0.3 is 10.3 Å². The maximum absolute atomic E-state index is 12.9. The average molecular weight is 227 g/mol. The van der Waals surface area contributed by atoms with E-state index in [0.29, 0.717) is 22.7 Å². The van der Waals surface area contributed by atoms with Crippen LogP contribution in [0.1, 0.15) is 5.69 Å². The molecule has 5 heteroatoms. The third-order valence-electron chi connectivity index (χ3n) is 2.09. The fraction of sp³-hybridized carbons (Fsp3) is 0.100. The van der Waals surface area contributed by atoms with Crippen molar-refractivity contribution in [3.8, 4) is 11.3 Å². The molecule has 0 saturated heterocycles. The number of halogens is 2. The van der Waals surface area contributed by atoms with Gasteiger partial charge in [0, 0.05) is 5.56 Å². The highest BCUT2D eigenvalue weighted by molar-refractivity contribution is 6.31. The minimum atomic E-state index is -0.477. The molecule has 0 amide bonds. The van der Waals surface area contributed by atoms with Crippen LogP contribution in [0.5, 0.6) is 0 Å². The Morgan fingerprint density at radius 1 is 1.47 bits per heavy atom. The van der Waals surface area contributed by atoms with Gasteiger partial charge in [-0.2, -0.15) is 0 Å². The summed E-state index contributed by atoms with van der Waals surface area (Å²) in [5.41, 5.74) is 7.38. The highest BCUT2D eigenvalue weighted by Crippen LogP contribution is 2.30. The third kappa shape index (κ3) is 1.68. The molecule has 15 heavy (non-hydrogen) atoms. The van der Waals surface area contributed by atoms with Gasteiger partial charge in [0.05, 0.1) is 5.02 Å². The quantitative estimate of drug-likeness (QED) is 0.813. The average Bonchev–Trinajstić information content (AvgIpc) is 2.53. The van der Waals surface area contributed by atoms with Crippen LogP contribution in [0.15, 0.2) is 22.7 Å². The molecule has 0 aliphatic heterocycles. The molecule has 0 atom stereocenters. The topological polar surface area (TPSA) is 52.0 Å². The summed E-state index contributed by atoms with van der Waals surface area (Å²) in [7, 11) is 0. The number of aryl methyl sites for hydroxylation is 1. The molecule has 0 radical (unpaired) electrons. The second kappa shape index (κ2) is 3.55. The number of benzene rings is 1. The molecule has 0 bridgehead atoms. The molecule has 0 unspecified atom stereocenters. The Bertz CT molecular complexity index is 510. The number of anilines is 1. The molecular formula is C10H8ClFN2O. The number of aromatic nitrogens is 1. The van der Waals surface area contributed by atoms with Gasteiger partial charge in [-0.05, 0) is 25.1 Å². The molecule has 2 rings (SSSR count). The Hall–Kier alpha value is -1.55. The van der Waals surface area contributed by atoms with Crippen molar-refractivity contribution < 1.29 is 8.91 Å².